The molecule has 0 heterocycles. The number of hydrogen-bond acceptors (Lipinski definition) is 4. The molecule has 1 aliphatic rings. The van der Waals surface area contributed by atoms with E-state index in [-0.39, 0.29) is 12.7 Å². The molecule has 1 amide bonds. The van der Waals surface area contributed by atoms with Crippen molar-refractivity contribution in [3.05, 3.63) is 11.6 Å². The number of rotatable bonds is 4. The molecule has 0 radical (unpaired) electrons. The zero-order chi connectivity index (χ0) is 12.1. The summed E-state index contributed by atoms with van der Waals surface area (Å²) in [5.74, 6) is -1.46. The van der Waals surface area contributed by atoms with Crippen molar-refractivity contribution < 1.29 is 19.1 Å². The van der Waals surface area contributed by atoms with E-state index >= 15 is 0 Å². The average molecular weight is 227 g/mol. The van der Waals surface area contributed by atoms with Crippen LogP contribution in [0.2, 0.25) is 0 Å². The van der Waals surface area contributed by atoms with Gasteiger partial charge in [0.15, 0.2) is 6.79 Å². The number of ether oxygens (including phenoxy) is 2. The molecule has 0 aromatic heterocycles. The number of carbonyl (C=O) groups excluding carboxylic acids is 2. The van der Waals surface area contributed by atoms with Crippen molar-refractivity contribution in [2.75, 3.05) is 13.9 Å². The third kappa shape index (κ3) is 2.82. The second-order valence-corrected chi connectivity index (χ2v) is 3.93. The minimum absolute atomic E-state index is 0.0765. The quantitative estimate of drug-likeness (QED) is 0.563. The maximum absolute atomic E-state index is 11.6. The minimum Gasteiger partial charge on any atom is -0.435 e. The molecule has 0 aromatic rings. The Morgan fingerprint density at radius 1 is 1.56 bits per heavy atom. The summed E-state index contributed by atoms with van der Waals surface area (Å²) in [6.45, 7) is 1.79. The van der Waals surface area contributed by atoms with Gasteiger partial charge in [0.05, 0.1) is 5.92 Å². The second kappa shape index (κ2) is 5.65. The summed E-state index contributed by atoms with van der Waals surface area (Å²) in [6.07, 6.45) is 3.35. The van der Waals surface area contributed by atoms with Crippen molar-refractivity contribution in [2.45, 2.75) is 19.8 Å². The predicted molar refractivity (Wildman–Crippen MR) is 57.1 cm³/mol. The van der Waals surface area contributed by atoms with Gasteiger partial charge in [0.1, 0.15) is 0 Å². The second-order valence-electron chi connectivity index (χ2n) is 3.93. The van der Waals surface area contributed by atoms with Crippen LogP contribution in [0.5, 0.6) is 0 Å². The monoisotopic (exact) mass is 227 g/mol. The maximum atomic E-state index is 11.6. The lowest BCUT2D eigenvalue weighted by molar-refractivity contribution is -0.151. The Kier molecular flexibility index (Phi) is 4.49. The number of carbonyl (C=O) groups is 2. The summed E-state index contributed by atoms with van der Waals surface area (Å²) in [6, 6.07) is 0. The van der Waals surface area contributed by atoms with Gasteiger partial charge in [-0.15, -0.1) is 0 Å². The van der Waals surface area contributed by atoms with Gasteiger partial charge in [-0.3, -0.25) is 4.79 Å². The molecule has 5 heteroatoms. The number of hydrogen-bond donors (Lipinski definition) is 1. The number of nitrogens with two attached hydrogens (primary N) is 1. The predicted octanol–water partition coefficient (Wildman–Crippen LogP) is 0.591. The standard InChI is InChI=1S/C11H17NO4/c1-7-4-3-5-8(9(7)10(12)13)11(14)16-6-15-2/h5,7,9H,3-4,6H2,1-2H3,(H2,12,13). The molecule has 2 atom stereocenters. The topological polar surface area (TPSA) is 78.6 Å². The maximum Gasteiger partial charge on any atom is 0.336 e. The normalized spacial score (nSPS) is 24.8. The summed E-state index contributed by atoms with van der Waals surface area (Å²) in [5, 5.41) is 0. The molecular formula is C11H17NO4. The summed E-state index contributed by atoms with van der Waals surface area (Å²) >= 11 is 0. The van der Waals surface area contributed by atoms with Crippen LogP contribution in [0.4, 0.5) is 0 Å². The van der Waals surface area contributed by atoms with Gasteiger partial charge in [0, 0.05) is 12.7 Å². The molecule has 0 saturated carbocycles. The molecule has 1 aliphatic carbocycles. The Balaban J connectivity index is 2.79. The number of allylic oxidation sites excluding steroid dienone is 1. The molecule has 0 aliphatic heterocycles. The van der Waals surface area contributed by atoms with Crippen LogP contribution >= 0.6 is 0 Å². The van der Waals surface area contributed by atoms with Gasteiger partial charge in [-0.05, 0) is 18.8 Å². The molecule has 1 rings (SSSR count). The van der Waals surface area contributed by atoms with E-state index in [0.29, 0.717) is 5.57 Å². The van der Waals surface area contributed by atoms with Gasteiger partial charge in [-0.2, -0.15) is 0 Å². The van der Waals surface area contributed by atoms with Crippen molar-refractivity contribution in [3.63, 3.8) is 0 Å². The van der Waals surface area contributed by atoms with Crippen LogP contribution in [0, 0.1) is 11.8 Å². The lowest BCUT2D eigenvalue weighted by atomic mass is 9.79. The molecule has 0 bridgehead atoms. The Labute approximate surface area is 94.6 Å². The summed E-state index contributed by atoms with van der Waals surface area (Å²) in [5.41, 5.74) is 5.66. The average Bonchev–Trinajstić information content (AvgIpc) is 2.24. The highest BCUT2D eigenvalue weighted by Gasteiger charge is 2.33. The van der Waals surface area contributed by atoms with E-state index in [1.807, 2.05) is 6.92 Å². The Bertz CT molecular complexity index is 311. The van der Waals surface area contributed by atoms with E-state index in [9.17, 15) is 9.59 Å². The van der Waals surface area contributed by atoms with E-state index in [1.165, 1.54) is 7.11 Å². The molecule has 0 saturated heterocycles. The van der Waals surface area contributed by atoms with Crippen LogP contribution < -0.4 is 5.73 Å². The minimum atomic E-state index is -0.543. The highest BCUT2D eigenvalue weighted by molar-refractivity contribution is 5.97. The fraction of sp³-hybridized carbons (Fsp3) is 0.636. The fourth-order valence-corrected chi connectivity index (χ4v) is 1.94. The number of methoxy groups -OCH3 is 1. The molecule has 90 valence electrons. The highest BCUT2D eigenvalue weighted by Crippen LogP contribution is 2.30. The molecule has 0 aromatic carbocycles. The van der Waals surface area contributed by atoms with Gasteiger partial charge in [-0.25, -0.2) is 4.79 Å². The van der Waals surface area contributed by atoms with Crippen LogP contribution in [-0.2, 0) is 19.1 Å². The zero-order valence-corrected chi connectivity index (χ0v) is 9.56. The first-order valence-corrected chi connectivity index (χ1v) is 5.23. The lowest BCUT2D eigenvalue weighted by Gasteiger charge is -2.26. The van der Waals surface area contributed by atoms with Crippen LogP contribution in [0.25, 0.3) is 0 Å². The van der Waals surface area contributed by atoms with Crippen molar-refractivity contribution in [3.8, 4) is 0 Å². The van der Waals surface area contributed by atoms with Crippen LogP contribution in [0.1, 0.15) is 19.8 Å². The van der Waals surface area contributed by atoms with Crippen LogP contribution in [0.3, 0.4) is 0 Å². The van der Waals surface area contributed by atoms with Gasteiger partial charge >= 0.3 is 5.97 Å². The summed E-state index contributed by atoms with van der Waals surface area (Å²) in [4.78, 5) is 22.9. The molecule has 0 fully saturated rings. The first-order chi connectivity index (χ1) is 7.57. The van der Waals surface area contributed by atoms with Gasteiger partial charge < -0.3 is 15.2 Å². The fourth-order valence-electron chi connectivity index (χ4n) is 1.94. The molecule has 0 spiro atoms. The van der Waals surface area contributed by atoms with Crippen molar-refractivity contribution in [2.24, 2.45) is 17.6 Å². The zero-order valence-electron chi connectivity index (χ0n) is 9.56. The Hall–Kier alpha value is -1.36. The molecule has 16 heavy (non-hydrogen) atoms. The van der Waals surface area contributed by atoms with E-state index in [2.05, 4.69) is 4.74 Å². The molecule has 2 unspecified atom stereocenters. The van der Waals surface area contributed by atoms with E-state index in [1.54, 1.807) is 6.08 Å². The third-order valence-electron chi connectivity index (χ3n) is 2.74. The highest BCUT2D eigenvalue weighted by atomic mass is 16.7. The van der Waals surface area contributed by atoms with Crippen molar-refractivity contribution in [1.29, 1.82) is 0 Å². The lowest BCUT2D eigenvalue weighted by Crippen LogP contribution is -2.35. The van der Waals surface area contributed by atoms with Crippen LogP contribution in [-0.4, -0.2) is 25.8 Å². The molecule has 2 N–H and O–H groups in total. The summed E-state index contributed by atoms with van der Waals surface area (Å²) < 4.78 is 9.46. The third-order valence-corrected chi connectivity index (χ3v) is 2.74. The van der Waals surface area contributed by atoms with Crippen molar-refractivity contribution in [1.82, 2.24) is 0 Å². The molecule has 5 nitrogen and oxygen atoms in total. The number of amides is 1. The van der Waals surface area contributed by atoms with Gasteiger partial charge in [0.25, 0.3) is 0 Å². The van der Waals surface area contributed by atoms with E-state index < -0.39 is 17.8 Å². The number of esters is 1. The van der Waals surface area contributed by atoms with Gasteiger partial charge in [0.2, 0.25) is 5.91 Å². The van der Waals surface area contributed by atoms with Crippen LogP contribution in [0.15, 0.2) is 11.6 Å². The smallest absolute Gasteiger partial charge is 0.336 e. The first kappa shape index (κ1) is 12.7. The SMILES string of the molecule is COCOC(=O)C1=CCCC(C)C1C(N)=O. The van der Waals surface area contributed by atoms with Crippen molar-refractivity contribution >= 4 is 11.9 Å². The molecular weight excluding hydrogens is 210 g/mol. The largest absolute Gasteiger partial charge is 0.435 e. The Morgan fingerprint density at radius 2 is 2.25 bits per heavy atom. The van der Waals surface area contributed by atoms with E-state index in [4.69, 9.17) is 10.5 Å². The first-order valence-electron chi connectivity index (χ1n) is 5.23. The van der Waals surface area contributed by atoms with Gasteiger partial charge in [-0.1, -0.05) is 13.0 Å². The summed E-state index contributed by atoms with van der Waals surface area (Å²) in [7, 11) is 1.43. The Morgan fingerprint density at radius 3 is 2.81 bits per heavy atom. The number of primary amides is 1. The van der Waals surface area contributed by atoms with E-state index in [0.717, 1.165) is 12.8 Å².